The van der Waals surface area contributed by atoms with Gasteiger partial charge in [0.05, 0.1) is 0 Å². The van der Waals surface area contributed by atoms with E-state index in [2.05, 4.69) is 10.6 Å². The van der Waals surface area contributed by atoms with Crippen molar-refractivity contribution < 1.29 is 4.92 Å². The molecule has 0 aromatic heterocycles. The molecule has 0 atom stereocenters. The minimum atomic E-state index is -0.459. The average molecular weight is 257 g/mol. The van der Waals surface area contributed by atoms with Crippen molar-refractivity contribution in [1.82, 2.24) is 0 Å². The second-order valence-electron chi connectivity index (χ2n) is 4.09. The molecule has 5 nitrogen and oxygen atoms in total. The maximum atomic E-state index is 10.7. The lowest BCUT2D eigenvalue weighted by atomic mass is 10.3. The Morgan fingerprint density at radius 1 is 0.895 bits per heavy atom. The zero-order valence-corrected chi connectivity index (χ0v) is 10.3. The van der Waals surface area contributed by atoms with Crippen LogP contribution in [0.5, 0.6) is 0 Å². The molecule has 0 aliphatic rings. The third-order valence-corrected chi connectivity index (χ3v) is 2.56. The van der Waals surface area contributed by atoms with E-state index in [0.717, 1.165) is 11.4 Å². The van der Waals surface area contributed by atoms with E-state index in [1.165, 1.54) is 0 Å². The van der Waals surface area contributed by atoms with Crippen molar-refractivity contribution in [2.24, 2.45) is 0 Å². The van der Waals surface area contributed by atoms with Crippen LogP contribution >= 0.6 is 0 Å². The zero-order chi connectivity index (χ0) is 13.5. The molecule has 2 N–H and O–H groups in total. The normalized spacial score (nSPS) is 10.2. The molecule has 5 heteroatoms. The van der Waals surface area contributed by atoms with Crippen molar-refractivity contribution in [2.45, 2.75) is 6.17 Å². The Bertz CT molecular complexity index is 475. The van der Waals surface area contributed by atoms with Crippen molar-refractivity contribution >= 4 is 11.4 Å². The van der Waals surface area contributed by atoms with Gasteiger partial charge in [0.2, 0.25) is 6.54 Å². The van der Waals surface area contributed by atoms with Crippen LogP contribution in [0.2, 0.25) is 0 Å². The summed E-state index contributed by atoms with van der Waals surface area (Å²) in [6.07, 6.45) is -0.459. The van der Waals surface area contributed by atoms with Crippen molar-refractivity contribution in [2.75, 3.05) is 17.2 Å². The van der Waals surface area contributed by atoms with Gasteiger partial charge in [0, 0.05) is 16.3 Å². The van der Waals surface area contributed by atoms with Crippen LogP contribution in [-0.4, -0.2) is 17.6 Å². The number of nitrogens with one attached hydrogen (secondary N) is 2. The van der Waals surface area contributed by atoms with Gasteiger partial charge in [-0.3, -0.25) is 10.1 Å². The van der Waals surface area contributed by atoms with Gasteiger partial charge in [0.1, 0.15) is 0 Å². The van der Waals surface area contributed by atoms with Gasteiger partial charge in [-0.25, -0.2) is 0 Å². The van der Waals surface area contributed by atoms with Gasteiger partial charge < -0.3 is 10.6 Å². The van der Waals surface area contributed by atoms with Crippen LogP contribution < -0.4 is 10.6 Å². The molecule has 0 radical (unpaired) electrons. The first-order valence-electron chi connectivity index (χ1n) is 5.99. The average Bonchev–Trinajstić information content (AvgIpc) is 2.40. The van der Waals surface area contributed by atoms with Crippen molar-refractivity contribution in [3.63, 3.8) is 0 Å². The summed E-state index contributed by atoms with van der Waals surface area (Å²) < 4.78 is 0. The number of anilines is 2. The number of rotatable bonds is 6. The molecule has 0 aliphatic carbocycles. The predicted octanol–water partition coefficient (Wildman–Crippen LogP) is 2.81. The van der Waals surface area contributed by atoms with Gasteiger partial charge in [0.15, 0.2) is 6.17 Å². The molecule has 0 saturated carbocycles. The van der Waals surface area contributed by atoms with E-state index in [-0.39, 0.29) is 11.5 Å². The van der Waals surface area contributed by atoms with E-state index in [0.29, 0.717) is 0 Å². The largest absolute Gasteiger partial charge is 0.360 e. The summed E-state index contributed by atoms with van der Waals surface area (Å²) in [5.41, 5.74) is 1.69. The summed E-state index contributed by atoms with van der Waals surface area (Å²) in [7, 11) is 0. The van der Waals surface area contributed by atoms with Gasteiger partial charge in [-0.05, 0) is 24.3 Å². The second kappa shape index (κ2) is 6.39. The van der Waals surface area contributed by atoms with Crippen LogP contribution in [0.1, 0.15) is 0 Å². The van der Waals surface area contributed by atoms with Gasteiger partial charge >= 0.3 is 0 Å². The lowest BCUT2D eigenvalue weighted by Gasteiger charge is -2.18. The van der Waals surface area contributed by atoms with E-state index in [4.69, 9.17) is 0 Å². The molecule has 2 rings (SSSR count). The van der Waals surface area contributed by atoms with E-state index < -0.39 is 6.17 Å². The number of hydrogen-bond donors (Lipinski definition) is 2. The second-order valence-corrected chi connectivity index (χ2v) is 4.09. The molecule has 19 heavy (non-hydrogen) atoms. The molecule has 0 aliphatic heterocycles. The Labute approximate surface area is 111 Å². The van der Waals surface area contributed by atoms with Crippen LogP contribution in [0.3, 0.4) is 0 Å². The molecule has 0 spiro atoms. The van der Waals surface area contributed by atoms with E-state index in [1.807, 2.05) is 60.7 Å². The molecule has 0 saturated heterocycles. The van der Waals surface area contributed by atoms with Crippen LogP contribution in [-0.2, 0) is 0 Å². The third kappa shape index (κ3) is 4.31. The highest BCUT2D eigenvalue weighted by molar-refractivity contribution is 5.49. The molecule has 0 fully saturated rings. The predicted molar refractivity (Wildman–Crippen MR) is 75.8 cm³/mol. The lowest BCUT2D eigenvalue weighted by Crippen LogP contribution is -2.35. The zero-order valence-electron chi connectivity index (χ0n) is 10.3. The molecule has 2 aromatic rings. The Hall–Kier alpha value is -2.56. The van der Waals surface area contributed by atoms with Gasteiger partial charge in [-0.1, -0.05) is 36.4 Å². The number of benzene rings is 2. The highest BCUT2D eigenvalue weighted by atomic mass is 16.6. The van der Waals surface area contributed by atoms with Gasteiger partial charge in [-0.15, -0.1) is 0 Å². The van der Waals surface area contributed by atoms with E-state index in [9.17, 15) is 10.1 Å². The fourth-order valence-electron chi connectivity index (χ4n) is 1.75. The molecule has 2 aromatic carbocycles. The molecular formula is C14H15N3O2. The minimum absolute atomic E-state index is 0.205. The first kappa shape index (κ1) is 12.9. The first-order valence-corrected chi connectivity index (χ1v) is 5.99. The quantitative estimate of drug-likeness (QED) is 0.474. The Morgan fingerprint density at radius 2 is 1.32 bits per heavy atom. The number of para-hydroxylation sites is 2. The summed E-state index contributed by atoms with van der Waals surface area (Å²) in [4.78, 5) is 10.4. The fourth-order valence-corrected chi connectivity index (χ4v) is 1.75. The van der Waals surface area contributed by atoms with Gasteiger partial charge in [0.25, 0.3) is 0 Å². The Kier molecular flexibility index (Phi) is 4.34. The third-order valence-electron chi connectivity index (χ3n) is 2.56. The number of hydrogen-bond acceptors (Lipinski definition) is 4. The summed E-state index contributed by atoms with van der Waals surface area (Å²) in [5, 5.41) is 16.9. The summed E-state index contributed by atoms with van der Waals surface area (Å²) >= 11 is 0. The minimum Gasteiger partial charge on any atom is -0.360 e. The maximum absolute atomic E-state index is 10.7. The topological polar surface area (TPSA) is 67.2 Å². The van der Waals surface area contributed by atoms with Crippen LogP contribution in [0, 0.1) is 10.1 Å². The van der Waals surface area contributed by atoms with Crippen LogP contribution in [0.15, 0.2) is 60.7 Å². The van der Waals surface area contributed by atoms with Crippen LogP contribution in [0.25, 0.3) is 0 Å². The van der Waals surface area contributed by atoms with Crippen molar-refractivity contribution in [3.8, 4) is 0 Å². The molecular weight excluding hydrogens is 242 g/mol. The molecule has 0 heterocycles. The smallest absolute Gasteiger partial charge is 0.241 e. The fraction of sp³-hybridized carbons (Fsp3) is 0.143. The molecule has 0 amide bonds. The summed E-state index contributed by atoms with van der Waals surface area (Å²) in [6.45, 7) is -0.205. The maximum Gasteiger partial charge on any atom is 0.241 e. The van der Waals surface area contributed by atoms with E-state index in [1.54, 1.807) is 0 Å². The first-order chi connectivity index (χ1) is 9.24. The number of nitro groups is 1. The summed E-state index contributed by atoms with van der Waals surface area (Å²) in [5.74, 6) is 0. The van der Waals surface area contributed by atoms with E-state index >= 15 is 0 Å². The number of nitrogens with zero attached hydrogens (tertiary/aromatic N) is 1. The van der Waals surface area contributed by atoms with Gasteiger partial charge in [-0.2, -0.15) is 0 Å². The SMILES string of the molecule is O=[N+]([O-])CC(Nc1ccccc1)Nc1ccccc1. The standard InChI is InChI=1S/C14H15N3O2/c18-17(19)11-14(15-12-7-3-1-4-8-12)16-13-9-5-2-6-10-13/h1-10,14-16H,11H2. The summed E-state index contributed by atoms with van der Waals surface area (Å²) in [6, 6.07) is 18.8. The molecule has 0 unspecified atom stereocenters. The Balaban J connectivity index is 2.06. The molecule has 98 valence electrons. The monoisotopic (exact) mass is 257 g/mol. The Morgan fingerprint density at radius 3 is 1.68 bits per heavy atom. The molecule has 0 bridgehead atoms. The van der Waals surface area contributed by atoms with Crippen molar-refractivity contribution in [3.05, 3.63) is 70.8 Å². The lowest BCUT2D eigenvalue weighted by molar-refractivity contribution is -0.480. The highest BCUT2D eigenvalue weighted by Gasteiger charge is 2.14. The highest BCUT2D eigenvalue weighted by Crippen LogP contribution is 2.11. The van der Waals surface area contributed by atoms with Crippen molar-refractivity contribution in [1.29, 1.82) is 0 Å². The van der Waals surface area contributed by atoms with Crippen LogP contribution in [0.4, 0.5) is 11.4 Å².